The van der Waals surface area contributed by atoms with Gasteiger partial charge in [0.25, 0.3) is 0 Å². The van der Waals surface area contributed by atoms with E-state index in [9.17, 15) is 13.2 Å². The summed E-state index contributed by atoms with van der Waals surface area (Å²) in [6.07, 6.45) is 7.80. The fourth-order valence-corrected chi connectivity index (χ4v) is 4.59. The van der Waals surface area contributed by atoms with Crippen LogP contribution in [0.3, 0.4) is 0 Å². The molecule has 2 rings (SSSR count). The number of amides is 1. The molecule has 0 saturated heterocycles. The standard InChI is InChI=1S/C15H28N2O3S/c1-12(14-8-9-14)16-15(18)10-17(2)21(19,20)11-13-6-4-3-5-7-13/h12-14H,3-11H2,1-2H3,(H,16,18). The number of sulfonamides is 1. The highest BCUT2D eigenvalue weighted by Gasteiger charge is 2.30. The highest BCUT2D eigenvalue weighted by Crippen LogP contribution is 2.32. The molecule has 2 fully saturated rings. The van der Waals surface area contributed by atoms with E-state index in [1.165, 1.54) is 17.8 Å². The van der Waals surface area contributed by atoms with Crippen LogP contribution < -0.4 is 5.32 Å². The molecular formula is C15H28N2O3S. The van der Waals surface area contributed by atoms with Gasteiger partial charge >= 0.3 is 0 Å². The Labute approximate surface area is 128 Å². The van der Waals surface area contributed by atoms with Gasteiger partial charge in [0, 0.05) is 13.1 Å². The zero-order valence-corrected chi connectivity index (χ0v) is 14.0. The van der Waals surface area contributed by atoms with E-state index in [0.717, 1.165) is 38.5 Å². The van der Waals surface area contributed by atoms with Gasteiger partial charge < -0.3 is 5.32 Å². The van der Waals surface area contributed by atoms with Gasteiger partial charge in [0.15, 0.2) is 0 Å². The molecule has 0 spiro atoms. The predicted octanol–water partition coefficient (Wildman–Crippen LogP) is 1.74. The van der Waals surface area contributed by atoms with Crippen LogP contribution in [0, 0.1) is 11.8 Å². The number of carbonyl (C=O) groups excluding carboxylic acids is 1. The molecule has 2 aliphatic carbocycles. The second-order valence-electron chi connectivity index (χ2n) is 6.73. The topological polar surface area (TPSA) is 66.5 Å². The van der Waals surface area contributed by atoms with Crippen molar-refractivity contribution in [3.63, 3.8) is 0 Å². The van der Waals surface area contributed by atoms with Crippen molar-refractivity contribution < 1.29 is 13.2 Å². The van der Waals surface area contributed by atoms with Gasteiger partial charge in [0.05, 0.1) is 12.3 Å². The van der Waals surface area contributed by atoms with Crippen LogP contribution in [-0.2, 0) is 14.8 Å². The van der Waals surface area contributed by atoms with Crippen LogP contribution in [0.4, 0.5) is 0 Å². The maximum absolute atomic E-state index is 12.3. The fourth-order valence-electron chi connectivity index (χ4n) is 3.09. The van der Waals surface area contributed by atoms with Crippen LogP contribution in [0.1, 0.15) is 51.9 Å². The van der Waals surface area contributed by atoms with E-state index in [1.54, 1.807) is 0 Å². The molecule has 0 aromatic carbocycles. The number of nitrogens with one attached hydrogen (secondary N) is 1. The molecule has 6 heteroatoms. The first kappa shape index (κ1) is 16.7. The van der Waals surface area contributed by atoms with Gasteiger partial charge in [-0.3, -0.25) is 4.79 Å². The molecule has 0 heterocycles. The highest BCUT2D eigenvalue weighted by atomic mass is 32.2. The Morgan fingerprint density at radius 3 is 2.38 bits per heavy atom. The van der Waals surface area contributed by atoms with Crippen molar-refractivity contribution in [3.8, 4) is 0 Å². The van der Waals surface area contributed by atoms with Gasteiger partial charge in [0.2, 0.25) is 15.9 Å². The Hall–Kier alpha value is -0.620. The Balaban J connectivity index is 1.79. The van der Waals surface area contributed by atoms with E-state index in [2.05, 4.69) is 5.32 Å². The summed E-state index contributed by atoms with van der Waals surface area (Å²) >= 11 is 0. The van der Waals surface area contributed by atoms with Crippen LogP contribution in [0.2, 0.25) is 0 Å². The number of hydrogen-bond donors (Lipinski definition) is 1. The number of rotatable bonds is 7. The van der Waals surface area contributed by atoms with E-state index in [1.807, 2.05) is 6.92 Å². The third kappa shape index (κ3) is 5.25. The molecule has 0 aromatic rings. The lowest BCUT2D eigenvalue weighted by molar-refractivity contribution is -0.121. The zero-order valence-electron chi connectivity index (χ0n) is 13.2. The monoisotopic (exact) mass is 316 g/mol. The molecule has 5 nitrogen and oxygen atoms in total. The summed E-state index contributed by atoms with van der Waals surface area (Å²) in [5.41, 5.74) is 0. The molecule has 1 unspecified atom stereocenters. The largest absolute Gasteiger partial charge is 0.352 e. The summed E-state index contributed by atoms with van der Waals surface area (Å²) in [4.78, 5) is 11.9. The van der Waals surface area contributed by atoms with Crippen molar-refractivity contribution in [2.75, 3.05) is 19.3 Å². The highest BCUT2D eigenvalue weighted by molar-refractivity contribution is 7.89. The van der Waals surface area contributed by atoms with E-state index < -0.39 is 10.0 Å². The minimum Gasteiger partial charge on any atom is -0.352 e. The smallest absolute Gasteiger partial charge is 0.235 e. The summed E-state index contributed by atoms with van der Waals surface area (Å²) in [5.74, 6) is 0.844. The first-order chi connectivity index (χ1) is 9.88. The quantitative estimate of drug-likeness (QED) is 0.778. The minimum atomic E-state index is -3.32. The third-order valence-corrected chi connectivity index (χ3v) is 6.70. The summed E-state index contributed by atoms with van der Waals surface area (Å²) in [7, 11) is -1.81. The van der Waals surface area contributed by atoms with Crippen LogP contribution >= 0.6 is 0 Å². The maximum atomic E-state index is 12.3. The molecule has 122 valence electrons. The lowest BCUT2D eigenvalue weighted by Gasteiger charge is -2.24. The molecule has 1 amide bonds. The SMILES string of the molecule is CC(NC(=O)CN(C)S(=O)(=O)CC1CCCCC1)C1CC1. The molecule has 0 aromatic heterocycles. The number of carbonyl (C=O) groups is 1. The summed E-state index contributed by atoms with van der Waals surface area (Å²) < 4.78 is 25.8. The first-order valence-electron chi connectivity index (χ1n) is 8.12. The lowest BCUT2D eigenvalue weighted by Crippen LogP contribution is -2.43. The van der Waals surface area contributed by atoms with Crippen LogP contribution in [-0.4, -0.2) is 44.0 Å². The molecule has 0 radical (unpaired) electrons. The predicted molar refractivity (Wildman–Crippen MR) is 83.3 cm³/mol. The molecule has 21 heavy (non-hydrogen) atoms. The van der Waals surface area contributed by atoms with Gasteiger partial charge in [-0.25, -0.2) is 8.42 Å². The van der Waals surface area contributed by atoms with E-state index in [4.69, 9.17) is 0 Å². The maximum Gasteiger partial charge on any atom is 0.235 e. The Morgan fingerprint density at radius 2 is 1.81 bits per heavy atom. The van der Waals surface area contributed by atoms with Crippen molar-refractivity contribution >= 4 is 15.9 Å². The fraction of sp³-hybridized carbons (Fsp3) is 0.933. The van der Waals surface area contributed by atoms with E-state index >= 15 is 0 Å². The van der Waals surface area contributed by atoms with Crippen molar-refractivity contribution in [3.05, 3.63) is 0 Å². The Bertz CT molecular complexity index is 454. The van der Waals surface area contributed by atoms with Crippen molar-refractivity contribution in [2.24, 2.45) is 11.8 Å². The normalized spacial score (nSPS) is 22.2. The van der Waals surface area contributed by atoms with E-state index in [0.29, 0.717) is 5.92 Å². The first-order valence-corrected chi connectivity index (χ1v) is 9.73. The van der Waals surface area contributed by atoms with E-state index in [-0.39, 0.29) is 30.2 Å². The molecule has 0 bridgehead atoms. The zero-order chi connectivity index (χ0) is 15.5. The third-order valence-electron chi connectivity index (χ3n) is 4.73. The molecule has 2 saturated carbocycles. The number of likely N-dealkylation sites (N-methyl/N-ethyl adjacent to an activating group) is 1. The Kier molecular flexibility index (Phi) is 5.66. The Morgan fingerprint density at radius 1 is 1.19 bits per heavy atom. The van der Waals surface area contributed by atoms with Crippen LogP contribution in [0.25, 0.3) is 0 Å². The average Bonchev–Trinajstić information content (AvgIpc) is 3.23. The van der Waals surface area contributed by atoms with Gasteiger partial charge in [-0.05, 0) is 44.4 Å². The molecule has 0 aliphatic heterocycles. The van der Waals surface area contributed by atoms with Gasteiger partial charge in [-0.2, -0.15) is 4.31 Å². The molecular weight excluding hydrogens is 288 g/mol. The molecule has 2 aliphatic rings. The molecule has 1 N–H and O–H groups in total. The van der Waals surface area contributed by atoms with Crippen LogP contribution in [0.5, 0.6) is 0 Å². The van der Waals surface area contributed by atoms with Crippen molar-refractivity contribution in [2.45, 2.75) is 57.9 Å². The average molecular weight is 316 g/mol. The molecule has 1 atom stereocenters. The second kappa shape index (κ2) is 7.09. The summed E-state index contributed by atoms with van der Waals surface area (Å²) in [5, 5.41) is 2.90. The summed E-state index contributed by atoms with van der Waals surface area (Å²) in [6, 6.07) is 0.159. The van der Waals surface area contributed by atoms with Gasteiger partial charge in [-0.15, -0.1) is 0 Å². The number of nitrogens with zero attached hydrogens (tertiary/aromatic N) is 1. The number of hydrogen-bond acceptors (Lipinski definition) is 3. The second-order valence-corrected chi connectivity index (χ2v) is 8.85. The van der Waals surface area contributed by atoms with Crippen molar-refractivity contribution in [1.82, 2.24) is 9.62 Å². The van der Waals surface area contributed by atoms with Gasteiger partial charge in [-0.1, -0.05) is 19.3 Å². The minimum absolute atomic E-state index is 0.0634. The van der Waals surface area contributed by atoms with Gasteiger partial charge in [0.1, 0.15) is 0 Å². The summed E-state index contributed by atoms with van der Waals surface area (Å²) in [6.45, 7) is 1.93. The van der Waals surface area contributed by atoms with Crippen molar-refractivity contribution in [1.29, 1.82) is 0 Å². The van der Waals surface area contributed by atoms with Crippen LogP contribution in [0.15, 0.2) is 0 Å². The lowest BCUT2D eigenvalue weighted by atomic mass is 9.91.